The molecule has 1 fully saturated rings. The van der Waals surface area contributed by atoms with E-state index in [4.69, 9.17) is 10.6 Å². The van der Waals surface area contributed by atoms with Crippen LogP contribution in [0.5, 0.6) is 0 Å². The highest BCUT2D eigenvalue weighted by atomic mass is 16.5. The minimum Gasteiger partial charge on any atom is -0.372 e. The normalized spacial score (nSPS) is 19.6. The van der Waals surface area contributed by atoms with Gasteiger partial charge in [-0.05, 0) is 31.2 Å². The van der Waals surface area contributed by atoms with Gasteiger partial charge < -0.3 is 4.74 Å². The highest BCUT2D eigenvalue weighted by molar-refractivity contribution is 5.19. The number of nitrogens with one attached hydrogen (secondary N) is 1. The van der Waals surface area contributed by atoms with Crippen LogP contribution in [-0.4, -0.2) is 12.6 Å². The Kier molecular flexibility index (Phi) is 4.54. The molecule has 1 aromatic rings. The van der Waals surface area contributed by atoms with Gasteiger partial charge in [0.2, 0.25) is 0 Å². The second-order valence-corrected chi connectivity index (χ2v) is 4.67. The fraction of sp³-hybridized carbons (Fsp3) is 0.571. The van der Waals surface area contributed by atoms with Crippen molar-refractivity contribution >= 4 is 0 Å². The zero-order valence-electron chi connectivity index (χ0n) is 10.4. The molecule has 1 aliphatic rings. The van der Waals surface area contributed by atoms with Crippen molar-refractivity contribution in [2.75, 3.05) is 6.61 Å². The van der Waals surface area contributed by atoms with Gasteiger partial charge in [-0.25, -0.2) is 0 Å². The summed E-state index contributed by atoms with van der Waals surface area (Å²) in [5.41, 5.74) is 4.17. The van der Waals surface area contributed by atoms with E-state index in [1.165, 1.54) is 24.8 Å². The third-order valence-electron chi connectivity index (χ3n) is 3.65. The van der Waals surface area contributed by atoms with E-state index in [2.05, 4.69) is 29.7 Å². The number of nitrogens with two attached hydrogens (primary N) is 1. The summed E-state index contributed by atoms with van der Waals surface area (Å²) in [6.45, 7) is 2.74. The molecule has 94 valence electrons. The maximum atomic E-state index is 5.90. The van der Waals surface area contributed by atoms with Crippen molar-refractivity contribution in [2.45, 2.75) is 38.3 Å². The molecule has 0 aromatic heterocycles. The van der Waals surface area contributed by atoms with Crippen molar-refractivity contribution in [3.05, 3.63) is 35.9 Å². The van der Waals surface area contributed by atoms with Crippen LogP contribution in [0.25, 0.3) is 0 Å². The lowest BCUT2D eigenvalue weighted by atomic mass is 9.76. The molecule has 0 aliphatic heterocycles. The van der Waals surface area contributed by atoms with Crippen LogP contribution in [0.2, 0.25) is 0 Å². The molecule has 1 aliphatic carbocycles. The summed E-state index contributed by atoms with van der Waals surface area (Å²) in [6, 6.07) is 10.6. The van der Waals surface area contributed by atoms with Crippen LogP contribution in [0.15, 0.2) is 30.3 Å². The Labute approximate surface area is 103 Å². The molecule has 0 spiro atoms. The SMILES string of the molecule is CCOC(c1ccccc1)C(NN)C1CCC1. The van der Waals surface area contributed by atoms with Gasteiger partial charge in [-0.15, -0.1) is 0 Å². The third-order valence-corrected chi connectivity index (χ3v) is 3.65. The molecule has 0 bridgehead atoms. The van der Waals surface area contributed by atoms with Crippen LogP contribution >= 0.6 is 0 Å². The number of hydrazine groups is 1. The van der Waals surface area contributed by atoms with Crippen LogP contribution < -0.4 is 11.3 Å². The van der Waals surface area contributed by atoms with Crippen LogP contribution in [0.4, 0.5) is 0 Å². The molecule has 0 radical (unpaired) electrons. The van der Waals surface area contributed by atoms with Gasteiger partial charge in [-0.3, -0.25) is 11.3 Å². The Morgan fingerprint density at radius 1 is 1.35 bits per heavy atom. The summed E-state index contributed by atoms with van der Waals surface area (Å²) in [6.07, 6.45) is 3.89. The molecule has 1 aromatic carbocycles. The zero-order chi connectivity index (χ0) is 12.1. The molecule has 2 unspecified atom stereocenters. The molecule has 17 heavy (non-hydrogen) atoms. The molecular formula is C14H22N2O. The van der Waals surface area contributed by atoms with E-state index in [0.29, 0.717) is 12.5 Å². The fourth-order valence-electron chi connectivity index (χ4n) is 2.50. The second-order valence-electron chi connectivity index (χ2n) is 4.67. The number of benzene rings is 1. The van der Waals surface area contributed by atoms with Crippen molar-refractivity contribution in [2.24, 2.45) is 11.8 Å². The molecular weight excluding hydrogens is 212 g/mol. The Hall–Kier alpha value is -0.900. The first-order valence-corrected chi connectivity index (χ1v) is 6.49. The first-order chi connectivity index (χ1) is 8.36. The molecule has 3 nitrogen and oxygen atoms in total. The summed E-state index contributed by atoms with van der Waals surface area (Å²) in [5, 5.41) is 0. The highest BCUT2D eigenvalue weighted by Crippen LogP contribution is 2.36. The quantitative estimate of drug-likeness (QED) is 0.587. The van der Waals surface area contributed by atoms with Crippen molar-refractivity contribution in [1.82, 2.24) is 5.43 Å². The van der Waals surface area contributed by atoms with Gasteiger partial charge in [0, 0.05) is 6.61 Å². The molecule has 0 amide bonds. The number of ether oxygens (including phenoxy) is 1. The summed E-state index contributed by atoms with van der Waals surface area (Å²) in [5.74, 6) is 6.37. The Balaban J connectivity index is 2.14. The van der Waals surface area contributed by atoms with E-state index >= 15 is 0 Å². The second kappa shape index (κ2) is 6.15. The fourth-order valence-corrected chi connectivity index (χ4v) is 2.50. The largest absolute Gasteiger partial charge is 0.372 e. The lowest BCUT2D eigenvalue weighted by Crippen LogP contribution is -2.48. The number of hydrogen-bond acceptors (Lipinski definition) is 3. The van der Waals surface area contributed by atoms with E-state index in [0.717, 1.165) is 0 Å². The summed E-state index contributed by atoms with van der Waals surface area (Å²) in [7, 11) is 0. The first kappa shape index (κ1) is 12.6. The zero-order valence-corrected chi connectivity index (χ0v) is 10.4. The van der Waals surface area contributed by atoms with Crippen molar-refractivity contribution in [3.8, 4) is 0 Å². The van der Waals surface area contributed by atoms with E-state index in [1.54, 1.807) is 0 Å². The van der Waals surface area contributed by atoms with Gasteiger partial charge in [-0.2, -0.15) is 0 Å². The first-order valence-electron chi connectivity index (χ1n) is 6.49. The van der Waals surface area contributed by atoms with E-state index in [9.17, 15) is 0 Å². The average molecular weight is 234 g/mol. The molecule has 1 saturated carbocycles. The van der Waals surface area contributed by atoms with Gasteiger partial charge in [0.05, 0.1) is 12.1 Å². The smallest absolute Gasteiger partial charge is 0.0993 e. The standard InChI is InChI=1S/C14H22N2O/c1-2-17-14(12-7-4-3-5-8-12)13(16-15)11-9-6-10-11/h3-5,7-8,11,13-14,16H,2,6,9-10,15H2,1H3. The third kappa shape index (κ3) is 2.86. The lowest BCUT2D eigenvalue weighted by molar-refractivity contribution is 0.00233. The van der Waals surface area contributed by atoms with Gasteiger partial charge >= 0.3 is 0 Å². The maximum Gasteiger partial charge on any atom is 0.0993 e. The summed E-state index contributed by atoms with van der Waals surface area (Å²) < 4.78 is 5.90. The van der Waals surface area contributed by atoms with E-state index in [-0.39, 0.29) is 12.1 Å². The van der Waals surface area contributed by atoms with E-state index < -0.39 is 0 Å². The molecule has 0 saturated heterocycles. The van der Waals surface area contributed by atoms with Crippen molar-refractivity contribution < 1.29 is 4.74 Å². The highest BCUT2D eigenvalue weighted by Gasteiger charge is 2.33. The summed E-state index contributed by atoms with van der Waals surface area (Å²) >= 11 is 0. The Morgan fingerprint density at radius 3 is 2.53 bits per heavy atom. The molecule has 0 heterocycles. The Morgan fingerprint density at radius 2 is 2.06 bits per heavy atom. The van der Waals surface area contributed by atoms with Gasteiger partial charge in [0.25, 0.3) is 0 Å². The van der Waals surface area contributed by atoms with Crippen LogP contribution in [0.3, 0.4) is 0 Å². The van der Waals surface area contributed by atoms with Gasteiger partial charge in [0.15, 0.2) is 0 Å². The number of rotatable bonds is 6. The lowest BCUT2D eigenvalue weighted by Gasteiger charge is -2.38. The minimum absolute atomic E-state index is 0.0662. The number of hydrogen-bond donors (Lipinski definition) is 2. The molecule has 3 heteroatoms. The monoisotopic (exact) mass is 234 g/mol. The Bertz CT molecular complexity index is 324. The minimum atomic E-state index is 0.0662. The van der Waals surface area contributed by atoms with Gasteiger partial charge in [-0.1, -0.05) is 36.8 Å². The van der Waals surface area contributed by atoms with Crippen molar-refractivity contribution in [1.29, 1.82) is 0 Å². The van der Waals surface area contributed by atoms with Crippen LogP contribution in [0, 0.1) is 5.92 Å². The van der Waals surface area contributed by atoms with Crippen LogP contribution in [0.1, 0.15) is 37.9 Å². The summed E-state index contributed by atoms with van der Waals surface area (Å²) in [4.78, 5) is 0. The molecule has 2 atom stereocenters. The van der Waals surface area contributed by atoms with E-state index in [1.807, 2.05) is 13.0 Å². The molecule has 2 rings (SSSR count). The average Bonchev–Trinajstić information content (AvgIpc) is 2.32. The van der Waals surface area contributed by atoms with Crippen LogP contribution in [-0.2, 0) is 4.74 Å². The van der Waals surface area contributed by atoms with Gasteiger partial charge in [0.1, 0.15) is 0 Å². The predicted molar refractivity (Wildman–Crippen MR) is 69.3 cm³/mol. The topological polar surface area (TPSA) is 47.3 Å². The maximum absolute atomic E-state index is 5.90. The predicted octanol–water partition coefficient (Wildman–Crippen LogP) is 2.40. The molecule has 3 N–H and O–H groups in total. The van der Waals surface area contributed by atoms with Crippen molar-refractivity contribution in [3.63, 3.8) is 0 Å².